The molecule has 3 rings (SSSR count). The fourth-order valence-electron chi connectivity index (χ4n) is 3.07. The van der Waals surface area contributed by atoms with Crippen molar-refractivity contribution >= 4 is 0 Å². The first kappa shape index (κ1) is 18.1. The fraction of sp³-hybridized carbons (Fsp3) is 0.273. The number of aromatic nitrogens is 3. The van der Waals surface area contributed by atoms with Gasteiger partial charge in [0.15, 0.2) is 0 Å². The highest BCUT2D eigenvalue weighted by molar-refractivity contribution is 5.18. The lowest BCUT2D eigenvalue weighted by atomic mass is 10.1. The predicted octanol–water partition coefficient (Wildman–Crippen LogP) is 4.02. The summed E-state index contributed by atoms with van der Waals surface area (Å²) in [5.74, 6) is 0. The monoisotopic (exact) mass is 346 g/mol. The Labute approximate surface area is 155 Å². The van der Waals surface area contributed by atoms with Crippen LogP contribution in [0.1, 0.15) is 22.4 Å². The minimum atomic E-state index is 0.745. The third-order valence-corrected chi connectivity index (χ3v) is 4.47. The molecule has 1 aromatic carbocycles. The smallest absolute Gasteiger partial charge is 0.0638 e. The Hall–Kier alpha value is -2.72. The summed E-state index contributed by atoms with van der Waals surface area (Å²) >= 11 is 0. The summed E-state index contributed by atoms with van der Waals surface area (Å²) in [6.45, 7) is 9.41. The maximum absolute atomic E-state index is 4.59. The molecule has 0 saturated carbocycles. The second-order valence-electron chi connectivity index (χ2n) is 6.55. The number of allylic oxidation sites excluding steroid dienone is 1. The maximum Gasteiger partial charge on any atom is 0.0638 e. The van der Waals surface area contributed by atoms with E-state index in [9.17, 15) is 0 Å². The molecular weight excluding hydrogens is 320 g/mol. The van der Waals surface area contributed by atoms with Gasteiger partial charge in [-0.1, -0.05) is 36.4 Å². The van der Waals surface area contributed by atoms with Crippen molar-refractivity contribution in [1.29, 1.82) is 0 Å². The van der Waals surface area contributed by atoms with Crippen molar-refractivity contribution in [3.05, 3.63) is 96.1 Å². The summed E-state index contributed by atoms with van der Waals surface area (Å²) in [6.07, 6.45) is 8.77. The van der Waals surface area contributed by atoms with Crippen LogP contribution in [0.5, 0.6) is 0 Å². The van der Waals surface area contributed by atoms with Crippen LogP contribution in [0.4, 0.5) is 0 Å². The first-order valence-electron chi connectivity index (χ1n) is 9.03. The van der Waals surface area contributed by atoms with E-state index in [1.54, 1.807) is 0 Å². The van der Waals surface area contributed by atoms with Crippen LogP contribution in [-0.4, -0.2) is 26.2 Å². The van der Waals surface area contributed by atoms with Crippen molar-refractivity contribution in [2.45, 2.75) is 33.0 Å². The van der Waals surface area contributed by atoms with Crippen LogP contribution in [0.15, 0.2) is 73.7 Å². The Morgan fingerprint density at radius 1 is 1.04 bits per heavy atom. The molecule has 26 heavy (non-hydrogen) atoms. The zero-order chi connectivity index (χ0) is 18.2. The van der Waals surface area contributed by atoms with Gasteiger partial charge in [0.25, 0.3) is 0 Å². The highest BCUT2D eigenvalue weighted by atomic mass is 15.3. The van der Waals surface area contributed by atoms with Gasteiger partial charge >= 0.3 is 0 Å². The molecule has 0 aliphatic heterocycles. The molecule has 3 aromatic rings. The number of rotatable bonds is 9. The first-order chi connectivity index (χ1) is 12.7. The van der Waals surface area contributed by atoms with Crippen LogP contribution in [0.25, 0.3) is 0 Å². The summed E-state index contributed by atoms with van der Waals surface area (Å²) in [5.41, 5.74) is 5.01. The minimum absolute atomic E-state index is 0.745. The topological polar surface area (TPSA) is 34.0 Å². The summed E-state index contributed by atoms with van der Waals surface area (Å²) < 4.78 is 1.96. The van der Waals surface area contributed by atoms with Gasteiger partial charge in [0.2, 0.25) is 0 Å². The first-order valence-corrected chi connectivity index (χ1v) is 9.03. The van der Waals surface area contributed by atoms with Crippen molar-refractivity contribution in [1.82, 2.24) is 19.7 Å². The molecule has 0 bridgehead atoms. The average Bonchev–Trinajstić information content (AvgIpc) is 3.01. The van der Waals surface area contributed by atoms with Crippen molar-refractivity contribution < 1.29 is 0 Å². The SMILES string of the molecule is C=CCn1cc(CN(CCc2ccccc2)Cc2ccncc2)c(C)n1. The van der Waals surface area contributed by atoms with Crippen LogP contribution in [0.2, 0.25) is 0 Å². The summed E-state index contributed by atoms with van der Waals surface area (Å²) in [5, 5.41) is 4.59. The highest BCUT2D eigenvalue weighted by Crippen LogP contribution is 2.14. The molecule has 4 nitrogen and oxygen atoms in total. The van der Waals surface area contributed by atoms with Crippen LogP contribution in [0, 0.1) is 6.92 Å². The molecule has 2 aromatic heterocycles. The fourth-order valence-corrected chi connectivity index (χ4v) is 3.07. The van der Waals surface area contributed by atoms with Gasteiger partial charge in [0.05, 0.1) is 12.2 Å². The molecule has 0 amide bonds. The molecule has 0 aliphatic carbocycles. The van der Waals surface area contributed by atoms with E-state index in [-0.39, 0.29) is 0 Å². The van der Waals surface area contributed by atoms with Crippen molar-refractivity contribution in [2.24, 2.45) is 0 Å². The van der Waals surface area contributed by atoms with Gasteiger partial charge in [0.1, 0.15) is 0 Å². The molecule has 2 heterocycles. The zero-order valence-electron chi connectivity index (χ0n) is 15.4. The van der Waals surface area contributed by atoms with Gasteiger partial charge in [-0.05, 0) is 36.6 Å². The van der Waals surface area contributed by atoms with Crippen LogP contribution < -0.4 is 0 Å². The van der Waals surface area contributed by atoms with Crippen molar-refractivity contribution in [3.8, 4) is 0 Å². The van der Waals surface area contributed by atoms with Gasteiger partial charge in [-0.25, -0.2) is 0 Å². The molecular formula is C22H26N4. The zero-order valence-corrected chi connectivity index (χ0v) is 15.4. The van der Waals surface area contributed by atoms with E-state index in [1.807, 2.05) is 23.2 Å². The van der Waals surface area contributed by atoms with Crippen LogP contribution in [0.3, 0.4) is 0 Å². The lowest BCUT2D eigenvalue weighted by Crippen LogP contribution is -2.25. The predicted molar refractivity (Wildman–Crippen MR) is 106 cm³/mol. The summed E-state index contributed by atoms with van der Waals surface area (Å²) in [4.78, 5) is 6.60. The number of benzene rings is 1. The van der Waals surface area contributed by atoms with E-state index >= 15 is 0 Å². The molecule has 0 radical (unpaired) electrons. The lowest BCUT2D eigenvalue weighted by Gasteiger charge is -2.22. The summed E-state index contributed by atoms with van der Waals surface area (Å²) in [6, 6.07) is 14.8. The van der Waals surface area contributed by atoms with Gasteiger partial charge < -0.3 is 0 Å². The molecule has 0 fully saturated rings. The van der Waals surface area contributed by atoms with E-state index in [0.717, 1.165) is 38.3 Å². The van der Waals surface area contributed by atoms with Gasteiger partial charge in [0, 0.05) is 43.8 Å². The number of aryl methyl sites for hydroxylation is 1. The minimum Gasteiger partial charge on any atom is -0.294 e. The van der Waals surface area contributed by atoms with Gasteiger partial charge in [-0.15, -0.1) is 6.58 Å². The summed E-state index contributed by atoms with van der Waals surface area (Å²) in [7, 11) is 0. The van der Waals surface area contributed by atoms with E-state index < -0.39 is 0 Å². The standard InChI is InChI=1S/C22H26N4/c1-3-14-26-18-22(19(2)24-26)17-25(16-21-9-12-23-13-10-21)15-11-20-7-5-4-6-8-20/h3-10,12-13,18H,1,11,14-17H2,2H3. The van der Waals surface area contributed by atoms with E-state index in [1.165, 1.54) is 16.7 Å². The van der Waals surface area contributed by atoms with Gasteiger partial charge in [-0.3, -0.25) is 14.6 Å². The Morgan fingerprint density at radius 3 is 2.54 bits per heavy atom. The van der Waals surface area contributed by atoms with E-state index in [4.69, 9.17) is 0 Å². The third-order valence-electron chi connectivity index (χ3n) is 4.47. The Kier molecular flexibility index (Phi) is 6.34. The second kappa shape index (κ2) is 9.11. The molecule has 0 aliphatic rings. The Balaban J connectivity index is 1.72. The number of pyridine rings is 1. The molecule has 0 atom stereocenters. The Bertz CT molecular complexity index is 809. The van der Waals surface area contributed by atoms with E-state index in [2.05, 4.69) is 77.1 Å². The van der Waals surface area contributed by atoms with Crippen molar-refractivity contribution in [3.63, 3.8) is 0 Å². The molecule has 0 spiro atoms. The Morgan fingerprint density at radius 2 is 1.81 bits per heavy atom. The molecule has 134 valence electrons. The largest absolute Gasteiger partial charge is 0.294 e. The number of nitrogens with zero attached hydrogens (tertiary/aromatic N) is 4. The molecule has 0 saturated heterocycles. The second-order valence-corrected chi connectivity index (χ2v) is 6.55. The number of hydrogen-bond acceptors (Lipinski definition) is 3. The van der Waals surface area contributed by atoms with Crippen molar-refractivity contribution in [2.75, 3.05) is 6.54 Å². The maximum atomic E-state index is 4.59. The average molecular weight is 346 g/mol. The van der Waals surface area contributed by atoms with Crippen LogP contribution >= 0.6 is 0 Å². The molecule has 4 heteroatoms. The van der Waals surface area contributed by atoms with E-state index in [0.29, 0.717) is 0 Å². The number of hydrogen-bond donors (Lipinski definition) is 0. The van der Waals surface area contributed by atoms with Gasteiger partial charge in [-0.2, -0.15) is 5.10 Å². The van der Waals surface area contributed by atoms with Crippen LogP contribution in [-0.2, 0) is 26.1 Å². The molecule has 0 N–H and O–H groups in total. The quantitative estimate of drug-likeness (QED) is 0.549. The third kappa shape index (κ3) is 5.14. The normalized spacial score (nSPS) is 11.0. The molecule has 0 unspecified atom stereocenters. The lowest BCUT2D eigenvalue weighted by molar-refractivity contribution is 0.259. The highest BCUT2D eigenvalue weighted by Gasteiger charge is 2.12.